The summed E-state index contributed by atoms with van der Waals surface area (Å²) in [6.07, 6.45) is 2.11. The Labute approximate surface area is 132 Å². The van der Waals surface area contributed by atoms with Crippen molar-refractivity contribution < 1.29 is 9.59 Å². The first-order chi connectivity index (χ1) is 10.0. The molecule has 0 saturated carbocycles. The normalized spacial score (nSPS) is 25.2. The van der Waals surface area contributed by atoms with Crippen molar-refractivity contribution in [1.29, 1.82) is 0 Å². The number of pyridine rings is 1. The van der Waals surface area contributed by atoms with Crippen LogP contribution in [0.25, 0.3) is 0 Å². The van der Waals surface area contributed by atoms with Crippen molar-refractivity contribution in [3.05, 3.63) is 28.0 Å². The van der Waals surface area contributed by atoms with Crippen molar-refractivity contribution in [3.63, 3.8) is 0 Å². The van der Waals surface area contributed by atoms with Gasteiger partial charge in [-0.05, 0) is 30.9 Å². The summed E-state index contributed by atoms with van der Waals surface area (Å²) in [5.41, 5.74) is 0.197. The fourth-order valence-corrected chi connectivity index (χ4v) is 3.35. The highest BCUT2D eigenvalue weighted by atomic mass is 35.5. The van der Waals surface area contributed by atoms with Gasteiger partial charge >= 0.3 is 0 Å². The van der Waals surface area contributed by atoms with Crippen LogP contribution in [0.3, 0.4) is 0 Å². The third-order valence-electron chi connectivity index (χ3n) is 4.12. The number of carbonyl (C=O) groups excluding carboxylic acids is 2. The fourth-order valence-electron chi connectivity index (χ4n) is 3.01. The van der Waals surface area contributed by atoms with Crippen LogP contribution in [0.1, 0.15) is 29.8 Å². The van der Waals surface area contributed by atoms with Gasteiger partial charge in [0.25, 0.3) is 5.91 Å². The Bertz CT molecular complexity index is 594. The van der Waals surface area contributed by atoms with Crippen LogP contribution in [0.5, 0.6) is 0 Å². The SMILES string of the molecule is O=C1CCC2CN(C(=O)c3nc(Cl)ccc3Cl)CCC2N1. The molecule has 1 N–H and O–H groups in total. The van der Waals surface area contributed by atoms with Crippen LogP contribution in [0.2, 0.25) is 10.2 Å². The summed E-state index contributed by atoms with van der Waals surface area (Å²) in [4.78, 5) is 29.7. The maximum atomic E-state index is 12.5. The van der Waals surface area contributed by atoms with E-state index in [-0.39, 0.29) is 28.7 Å². The number of carbonyl (C=O) groups is 2. The number of hydrogen-bond acceptors (Lipinski definition) is 3. The van der Waals surface area contributed by atoms with Crippen molar-refractivity contribution in [2.45, 2.75) is 25.3 Å². The molecule has 0 radical (unpaired) electrons. The summed E-state index contributed by atoms with van der Waals surface area (Å²) in [7, 11) is 0. The van der Waals surface area contributed by atoms with Gasteiger partial charge in [0.2, 0.25) is 5.91 Å². The predicted octanol–water partition coefficient (Wildman–Crippen LogP) is 2.13. The molecule has 2 unspecified atom stereocenters. The van der Waals surface area contributed by atoms with Crippen LogP contribution in [0.15, 0.2) is 12.1 Å². The maximum absolute atomic E-state index is 12.5. The number of hydrogen-bond donors (Lipinski definition) is 1. The van der Waals surface area contributed by atoms with Gasteiger partial charge in [-0.1, -0.05) is 23.2 Å². The van der Waals surface area contributed by atoms with Crippen LogP contribution in [-0.4, -0.2) is 40.8 Å². The molecule has 7 heteroatoms. The molecule has 1 aromatic rings. The van der Waals surface area contributed by atoms with Gasteiger partial charge in [-0.2, -0.15) is 0 Å². The van der Waals surface area contributed by atoms with E-state index in [0.29, 0.717) is 30.5 Å². The Morgan fingerprint density at radius 1 is 1.33 bits per heavy atom. The first-order valence-electron chi connectivity index (χ1n) is 6.95. The highest BCUT2D eigenvalue weighted by Crippen LogP contribution is 2.27. The van der Waals surface area contributed by atoms with Crippen molar-refractivity contribution in [3.8, 4) is 0 Å². The maximum Gasteiger partial charge on any atom is 0.274 e. The number of likely N-dealkylation sites (tertiary alicyclic amines) is 1. The molecule has 5 nitrogen and oxygen atoms in total. The molecule has 0 spiro atoms. The van der Waals surface area contributed by atoms with Gasteiger partial charge in [-0.25, -0.2) is 4.98 Å². The minimum Gasteiger partial charge on any atom is -0.353 e. The molecule has 0 aliphatic carbocycles. The Kier molecular flexibility index (Phi) is 4.04. The average molecular weight is 328 g/mol. The number of amides is 2. The van der Waals surface area contributed by atoms with Gasteiger partial charge in [0.05, 0.1) is 5.02 Å². The predicted molar refractivity (Wildman–Crippen MR) is 79.4 cm³/mol. The first-order valence-corrected chi connectivity index (χ1v) is 7.71. The third-order valence-corrected chi connectivity index (χ3v) is 4.64. The molecule has 3 rings (SSSR count). The van der Waals surface area contributed by atoms with Crippen LogP contribution in [0.4, 0.5) is 0 Å². The van der Waals surface area contributed by atoms with E-state index >= 15 is 0 Å². The molecule has 2 atom stereocenters. The van der Waals surface area contributed by atoms with Gasteiger partial charge in [-0.3, -0.25) is 9.59 Å². The number of rotatable bonds is 1. The van der Waals surface area contributed by atoms with Crippen molar-refractivity contribution in [2.24, 2.45) is 5.92 Å². The van der Waals surface area contributed by atoms with E-state index in [4.69, 9.17) is 23.2 Å². The topological polar surface area (TPSA) is 62.3 Å². The number of aromatic nitrogens is 1. The second kappa shape index (κ2) is 5.81. The average Bonchev–Trinajstić information content (AvgIpc) is 2.48. The Hall–Kier alpha value is -1.33. The molecule has 3 heterocycles. The Balaban J connectivity index is 1.74. The van der Waals surface area contributed by atoms with E-state index in [1.54, 1.807) is 17.0 Å². The highest BCUT2D eigenvalue weighted by Gasteiger charge is 2.36. The molecule has 2 amide bonds. The molecule has 2 fully saturated rings. The molecule has 21 heavy (non-hydrogen) atoms. The molecular weight excluding hydrogens is 313 g/mol. The summed E-state index contributed by atoms with van der Waals surface area (Å²) in [6.45, 7) is 1.21. The van der Waals surface area contributed by atoms with Crippen molar-refractivity contribution in [1.82, 2.24) is 15.2 Å². The number of halogens is 2. The van der Waals surface area contributed by atoms with E-state index < -0.39 is 0 Å². The molecule has 0 aromatic carbocycles. The summed E-state index contributed by atoms with van der Waals surface area (Å²) < 4.78 is 0. The van der Waals surface area contributed by atoms with Crippen LogP contribution in [-0.2, 0) is 4.79 Å². The summed E-state index contributed by atoms with van der Waals surface area (Å²) in [6, 6.07) is 3.32. The third kappa shape index (κ3) is 2.99. The number of fused-ring (bicyclic) bond motifs is 1. The summed E-state index contributed by atoms with van der Waals surface area (Å²) in [5, 5.41) is 3.56. The summed E-state index contributed by atoms with van der Waals surface area (Å²) in [5.74, 6) is 0.215. The minimum absolute atomic E-state index is 0.107. The van der Waals surface area contributed by atoms with Crippen molar-refractivity contribution in [2.75, 3.05) is 13.1 Å². The lowest BCUT2D eigenvalue weighted by atomic mass is 9.85. The molecular formula is C14H15Cl2N3O2. The molecule has 112 valence electrons. The molecule has 1 aromatic heterocycles. The minimum atomic E-state index is -0.196. The lowest BCUT2D eigenvalue weighted by molar-refractivity contribution is -0.125. The fraction of sp³-hybridized carbons (Fsp3) is 0.500. The first kappa shape index (κ1) is 14.6. The van der Waals surface area contributed by atoms with E-state index in [2.05, 4.69) is 10.3 Å². The molecule has 2 aliphatic heterocycles. The van der Waals surface area contributed by atoms with Gasteiger partial charge in [0, 0.05) is 25.6 Å². The number of piperidine rings is 2. The zero-order valence-corrected chi connectivity index (χ0v) is 12.8. The monoisotopic (exact) mass is 327 g/mol. The van der Waals surface area contributed by atoms with Crippen molar-refractivity contribution >= 4 is 35.0 Å². The zero-order chi connectivity index (χ0) is 15.0. The van der Waals surface area contributed by atoms with Gasteiger partial charge < -0.3 is 10.2 Å². The molecule has 0 bridgehead atoms. The molecule has 2 aliphatic rings. The van der Waals surface area contributed by atoms with Crippen LogP contribution < -0.4 is 5.32 Å². The Morgan fingerprint density at radius 3 is 2.95 bits per heavy atom. The largest absolute Gasteiger partial charge is 0.353 e. The lowest BCUT2D eigenvalue weighted by Crippen LogP contribution is -2.55. The lowest BCUT2D eigenvalue weighted by Gasteiger charge is -2.41. The summed E-state index contributed by atoms with van der Waals surface area (Å²) >= 11 is 11.9. The quantitative estimate of drug-likeness (QED) is 0.804. The smallest absolute Gasteiger partial charge is 0.274 e. The van der Waals surface area contributed by atoms with E-state index in [1.807, 2.05) is 0 Å². The number of nitrogens with zero attached hydrogens (tertiary/aromatic N) is 2. The van der Waals surface area contributed by atoms with E-state index in [1.165, 1.54) is 0 Å². The Morgan fingerprint density at radius 2 is 2.14 bits per heavy atom. The van der Waals surface area contributed by atoms with E-state index in [9.17, 15) is 9.59 Å². The van der Waals surface area contributed by atoms with Gasteiger partial charge in [0.15, 0.2) is 0 Å². The molecule has 2 saturated heterocycles. The zero-order valence-electron chi connectivity index (χ0n) is 11.3. The van der Waals surface area contributed by atoms with Crippen LogP contribution >= 0.6 is 23.2 Å². The second-order valence-electron chi connectivity index (χ2n) is 5.48. The standard InChI is InChI=1S/C14H15Cl2N3O2/c15-9-2-3-11(16)18-13(9)14(21)19-6-5-10-8(7-19)1-4-12(20)17-10/h2-3,8,10H,1,4-7H2,(H,17,20). The van der Waals surface area contributed by atoms with Gasteiger partial charge in [-0.15, -0.1) is 0 Å². The number of nitrogens with one attached hydrogen (secondary N) is 1. The van der Waals surface area contributed by atoms with Gasteiger partial charge in [0.1, 0.15) is 10.8 Å². The van der Waals surface area contributed by atoms with E-state index in [0.717, 1.165) is 12.8 Å². The second-order valence-corrected chi connectivity index (χ2v) is 6.27. The van der Waals surface area contributed by atoms with Crippen LogP contribution in [0, 0.1) is 5.92 Å². The highest BCUT2D eigenvalue weighted by molar-refractivity contribution is 6.34.